The molecule has 0 radical (unpaired) electrons. The quantitative estimate of drug-likeness (QED) is 0.394. The average molecular weight is 342 g/mol. The second-order valence-electron chi connectivity index (χ2n) is 4.79. The first-order chi connectivity index (χ1) is 9.79. The Balaban J connectivity index is 5.02. The second-order valence-corrected chi connectivity index (χ2v) is 7.82. The molecule has 0 aliphatic carbocycles. The zero-order valence-electron chi connectivity index (χ0n) is 12.8. The van der Waals surface area contributed by atoms with Crippen molar-refractivity contribution in [3.63, 3.8) is 0 Å². The molecule has 0 rings (SSSR count). The van der Waals surface area contributed by atoms with Crippen LogP contribution in [0.5, 0.6) is 0 Å². The zero-order valence-corrected chi connectivity index (χ0v) is 14.4. The van der Waals surface area contributed by atoms with Crippen LogP contribution < -0.4 is 10.0 Å². The van der Waals surface area contributed by atoms with Gasteiger partial charge in [-0.15, -0.1) is 0 Å². The maximum Gasteiger partial charge on any atom is 0.238 e. The summed E-state index contributed by atoms with van der Waals surface area (Å²) in [5, 5.41) is 21.2. The van der Waals surface area contributed by atoms with E-state index in [4.69, 9.17) is 0 Å². The van der Waals surface area contributed by atoms with E-state index in [9.17, 15) is 23.4 Å². The molecule has 0 saturated heterocycles. The summed E-state index contributed by atoms with van der Waals surface area (Å²) >= 11 is 1.50. The van der Waals surface area contributed by atoms with E-state index in [0.717, 1.165) is 0 Å². The number of hydrogen-bond donors (Lipinski definition) is 4. The Morgan fingerprint density at radius 3 is 2.24 bits per heavy atom. The van der Waals surface area contributed by atoms with Gasteiger partial charge in [-0.3, -0.25) is 4.79 Å². The van der Waals surface area contributed by atoms with Crippen molar-refractivity contribution < 1.29 is 23.4 Å². The third kappa shape index (κ3) is 6.96. The van der Waals surface area contributed by atoms with Crippen molar-refractivity contribution in [1.82, 2.24) is 10.0 Å². The summed E-state index contributed by atoms with van der Waals surface area (Å²) in [6.45, 7) is 2.38. The van der Waals surface area contributed by atoms with Gasteiger partial charge in [0.2, 0.25) is 15.9 Å². The summed E-state index contributed by atoms with van der Waals surface area (Å²) in [5.41, 5.74) is -1.13. The molecule has 4 N–H and O–H groups in total. The summed E-state index contributed by atoms with van der Waals surface area (Å²) in [5.74, 6) is -0.0394. The molecule has 1 amide bonds. The topological polar surface area (TPSA) is 116 Å². The molecular formula is C12H26N2O5S2. The molecule has 0 aromatic rings. The van der Waals surface area contributed by atoms with E-state index in [1.807, 2.05) is 6.26 Å². The number of aliphatic hydroxyl groups excluding tert-OH is 2. The number of rotatable bonds is 11. The number of carbonyl (C=O) groups excluding carboxylic acids is 1. The summed E-state index contributed by atoms with van der Waals surface area (Å²) in [4.78, 5) is 12.3. The van der Waals surface area contributed by atoms with Crippen molar-refractivity contribution in [3.05, 3.63) is 0 Å². The Hall–Kier alpha value is -0.350. The molecule has 0 aliphatic rings. The van der Waals surface area contributed by atoms with Gasteiger partial charge >= 0.3 is 0 Å². The SMILES string of the molecule is CCC(CO)(CO)NC(=O)C(CCSC)NS(=O)(=O)CC. The van der Waals surface area contributed by atoms with Crippen LogP contribution >= 0.6 is 11.8 Å². The van der Waals surface area contributed by atoms with Crippen molar-refractivity contribution in [2.75, 3.05) is 31.0 Å². The van der Waals surface area contributed by atoms with Crippen molar-refractivity contribution in [2.24, 2.45) is 0 Å². The molecule has 0 aromatic carbocycles. The van der Waals surface area contributed by atoms with Gasteiger partial charge in [0, 0.05) is 0 Å². The lowest BCUT2D eigenvalue weighted by Crippen LogP contribution is -2.59. The van der Waals surface area contributed by atoms with Gasteiger partial charge in [0.1, 0.15) is 6.04 Å². The van der Waals surface area contributed by atoms with E-state index in [0.29, 0.717) is 18.6 Å². The molecule has 1 unspecified atom stereocenters. The summed E-state index contributed by atoms with van der Waals surface area (Å²) in [6.07, 6.45) is 2.53. The third-order valence-corrected chi connectivity index (χ3v) is 5.35. The summed E-state index contributed by atoms with van der Waals surface area (Å²) < 4.78 is 25.7. The standard InChI is InChI=1S/C12H26N2O5S2/c1-4-12(8-15,9-16)13-11(17)10(6-7-20-3)14-21(18,19)5-2/h10,14-16H,4-9H2,1-3H3,(H,13,17). The number of aliphatic hydroxyl groups is 2. The van der Waals surface area contributed by atoms with Crippen molar-refractivity contribution in [2.45, 2.75) is 38.3 Å². The zero-order chi connectivity index (χ0) is 16.5. The van der Waals surface area contributed by atoms with Crippen molar-refractivity contribution in [1.29, 1.82) is 0 Å². The highest BCUT2D eigenvalue weighted by atomic mass is 32.2. The van der Waals surface area contributed by atoms with E-state index in [1.54, 1.807) is 6.92 Å². The van der Waals surface area contributed by atoms with Crippen LogP contribution in [0.15, 0.2) is 0 Å². The molecule has 0 saturated carbocycles. The lowest BCUT2D eigenvalue weighted by Gasteiger charge is -2.31. The monoisotopic (exact) mass is 342 g/mol. The lowest BCUT2D eigenvalue weighted by atomic mass is 9.97. The fourth-order valence-corrected chi connectivity index (χ4v) is 2.87. The van der Waals surface area contributed by atoms with Crippen LogP contribution in [-0.2, 0) is 14.8 Å². The van der Waals surface area contributed by atoms with Gasteiger partial charge in [0.05, 0.1) is 24.5 Å². The molecule has 9 heteroatoms. The highest BCUT2D eigenvalue weighted by molar-refractivity contribution is 7.98. The van der Waals surface area contributed by atoms with Crippen LogP contribution in [0.2, 0.25) is 0 Å². The molecule has 0 heterocycles. The van der Waals surface area contributed by atoms with E-state index < -0.39 is 40.7 Å². The number of carbonyl (C=O) groups is 1. The molecule has 0 aromatic heterocycles. The minimum absolute atomic E-state index is 0.116. The van der Waals surface area contributed by atoms with Crippen molar-refractivity contribution >= 4 is 27.7 Å². The Morgan fingerprint density at radius 2 is 1.86 bits per heavy atom. The van der Waals surface area contributed by atoms with Gasteiger partial charge < -0.3 is 15.5 Å². The summed E-state index contributed by atoms with van der Waals surface area (Å²) in [6, 6.07) is -0.911. The largest absolute Gasteiger partial charge is 0.394 e. The first-order valence-corrected chi connectivity index (χ1v) is 9.87. The van der Waals surface area contributed by atoms with Crippen LogP contribution in [0.25, 0.3) is 0 Å². The first kappa shape index (κ1) is 20.6. The average Bonchev–Trinajstić information content (AvgIpc) is 2.49. The minimum atomic E-state index is -3.51. The minimum Gasteiger partial charge on any atom is -0.394 e. The fourth-order valence-electron chi connectivity index (χ4n) is 1.57. The highest BCUT2D eigenvalue weighted by Gasteiger charge is 2.32. The Kier molecular flexibility index (Phi) is 9.46. The molecule has 1 atom stereocenters. The molecule has 7 nitrogen and oxygen atoms in total. The smallest absolute Gasteiger partial charge is 0.238 e. The van der Waals surface area contributed by atoms with E-state index >= 15 is 0 Å². The fraction of sp³-hybridized carbons (Fsp3) is 0.917. The molecule has 0 bridgehead atoms. The molecule has 126 valence electrons. The van der Waals surface area contributed by atoms with Gasteiger partial charge in [-0.05, 0) is 31.8 Å². The van der Waals surface area contributed by atoms with Gasteiger partial charge in [-0.25, -0.2) is 13.1 Å². The van der Waals surface area contributed by atoms with Crippen LogP contribution in [0.1, 0.15) is 26.7 Å². The van der Waals surface area contributed by atoms with Crippen molar-refractivity contribution in [3.8, 4) is 0 Å². The first-order valence-electron chi connectivity index (χ1n) is 6.82. The van der Waals surface area contributed by atoms with Crippen LogP contribution in [0.3, 0.4) is 0 Å². The Morgan fingerprint density at radius 1 is 1.29 bits per heavy atom. The Labute approximate surface area is 130 Å². The maximum absolute atomic E-state index is 12.3. The molecule has 0 fully saturated rings. The van der Waals surface area contributed by atoms with E-state index in [2.05, 4.69) is 10.0 Å². The normalized spacial score (nSPS) is 14.0. The number of amides is 1. The van der Waals surface area contributed by atoms with Crippen LogP contribution in [0.4, 0.5) is 0 Å². The summed E-state index contributed by atoms with van der Waals surface area (Å²) in [7, 11) is -3.51. The van der Waals surface area contributed by atoms with Crippen LogP contribution in [0, 0.1) is 0 Å². The maximum atomic E-state index is 12.3. The molecule has 21 heavy (non-hydrogen) atoms. The van der Waals surface area contributed by atoms with Gasteiger partial charge in [0.15, 0.2) is 0 Å². The number of sulfonamides is 1. The van der Waals surface area contributed by atoms with Gasteiger partial charge in [-0.1, -0.05) is 6.92 Å². The van der Waals surface area contributed by atoms with Gasteiger partial charge in [0.25, 0.3) is 0 Å². The van der Waals surface area contributed by atoms with E-state index in [1.165, 1.54) is 18.7 Å². The lowest BCUT2D eigenvalue weighted by molar-refractivity contribution is -0.126. The number of nitrogens with one attached hydrogen (secondary N) is 2. The number of thioether (sulfide) groups is 1. The Bertz CT molecular complexity index is 402. The third-order valence-electron chi connectivity index (χ3n) is 3.30. The van der Waals surface area contributed by atoms with Crippen LogP contribution in [-0.4, -0.2) is 67.1 Å². The molecule has 0 aliphatic heterocycles. The van der Waals surface area contributed by atoms with E-state index in [-0.39, 0.29) is 5.75 Å². The second kappa shape index (κ2) is 9.62. The molecule has 0 spiro atoms. The predicted molar refractivity (Wildman–Crippen MR) is 84.7 cm³/mol. The van der Waals surface area contributed by atoms with Gasteiger partial charge in [-0.2, -0.15) is 11.8 Å². The number of hydrogen-bond acceptors (Lipinski definition) is 6. The highest BCUT2D eigenvalue weighted by Crippen LogP contribution is 2.10. The molecular weight excluding hydrogens is 316 g/mol. The predicted octanol–water partition coefficient (Wildman–Crippen LogP) is -0.703.